The molecule has 0 saturated carbocycles. The van der Waals surface area contributed by atoms with Crippen LogP contribution in [0.25, 0.3) is 0 Å². The molecular weight excluding hydrogens is 221 g/mol. The standard InChI is InChI=1S/C8H7F3N2O.C2H6/c1-12-7(14)6-3-2-5(4-13-6)8(9,10)11;1-2/h2-4H,1H3,(H,12,14);1-2H3. The summed E-state index contributed by atoms with van der Waals surface area (Å²) < 4.78 is 36.2. The monoisotopic (exact) mass is 234 g/mol. The van der Waals surface area contributed by atoms with Crippen LogP contribution in [0, 0.1) is 0 Å². The Kier molecular flexibility index (Phi) is 5.49. The van der Waals surface area contributed by atoms with E-state index < -0.39 is 17.6 Å². The fourth-order valence-electron chi connectivity index (χ4n) is 0.824. The minimum atomic E-state index is -4.42. The SMILES string of the molecule is CC.CNC(=O)c1ccc(C(F)(F)F)cn1. The Morgan fingerprint density at radius 2 is 1.88 bits per heavy atom. The molecule has 0 radical (unpaired) electrons. The zero-order valence-corrected chi connectivity index (χ0v) is 9.22. The summed E-state index contributed by atoms with van der Waals surface area (Å²) >= 11 is 0. The molecule has 90 valence electrons. The first-order valence-corrected chi connectivity index (χ1v) is 4.70. The van der Waals surface area contributed by atoms with E-state index in [1.165, 1.54) is 7.05 Å². The number of amides is 1. The maximum absolute atomic E-state index is 12.1. The lowest BCUT2D eigenvalue weighted by atomic mass is 10.2. The molecule has 1 amide bonds. The van der Waals surface area contributed by atoms with E-state index in [9.17, 15) is 18.0 Å². The molecule has 16 heavy (non-hydrogen) atoms. The van der Waals surface area contributed by atoms with Crippen LogP contribution in [0.5, 0.6) is 0 Å². The highest BCUT2D eigenvalue weighted by Crippen LogP contribution is 2.28. The predicted octanol–water partition coefficient (Wildman–Crippen LogP) is 2.49. The average Bonchev–Trinajstić information content (AvgIpc) is 2.30. The Labute approximate surface area is 91.7 Å². The largest absolute Gasteiger partial charge is 0.417 e. The van der Waals surface area contributed by atoms with Gasteiger partial charge in [-0.2, -0.15) is 13.2 Å². The number of hydrogen-bond acceptors (Lipinski definition) is 2. The van der Waals surface area contributed by atoms with Gasteiger partial charge in [0.25, 0.3) is 5.91 Å². The number of pyridine rings is 1. The molecule has 3 nitrogen and oxygen atoms in total. The van der Waals surface area contributed by atoms with Crippen LogP contribution in [0.1, 0.15) is 29.9 Å². The average molecular weight is 234 g/mol. The number of rotatable bonds is 1. The Morgan fingerprint density at radius 1 is 1.31 bits per heavy atom. The highest BCUT2D eigenvalue weighted by Gasteiger charge is 2.30. The first-order chi connectivity index (χ1) is 7.45. The lowest BCUT2D eigenvalue weighted by Gasteiger charge is -2.05. The summed E-state index contributed by atoms with van der Waals surface area (Å²) in [6.07, 6.45) is -3.79. The highest BCUT2D eigenvalue weighted by molar-refractivity contribution is 5.91. The third-order valence-corrected chi connectivity index (χ3v) is 1.55. The summed E-state index contributed by atoms with van der Waals surface area (Å²) in [6, 6.07) is 1.85. The van der Waals surface area contributed by atoms with Crippen LogP contribution >= 0.6 is 0 Å². The van der Waals surface area contributed by atoms with Crippen LogP contribution in [0.15, 0.2) is 18.3 Å². The number of aromatic nitrogens is 1. The van der Waals surface area contributed by atoms with Gasteiger partial charge in [0.1, 0.15) is 5.69 Å². The molecule has 0 saturated heterocycles. The van der Waals surface area contributed by atoms with Gasteiger partial charge in [0.15, 0.2) is 0 Å². The van der Waals surface area contributed by atoms with Crippen molar-refractivity contribution in [2.75, 3.05) is 7.05 Å². The van der Waals surface area contributed by atoms with E-state index >= 15 is 0 Å². The fraction of sp³-hybridized carbons (Fsp3) is 0.400. The number of carbonyl (C=O) groups excluding carboxylic acids is 1. The summed E-state index contributed by atoms with van der Waals surface area (Å²) in [4.78, 5) is 14.3. The summed E-state index contributed by atoms with van der Waals surface area (Å²) in [5, 5.41) is 2.26. The number of alkyl halides is 3. The van der Waals surface area contributed by atoms with Gasteiger partial charge in [-0.1, -0.05) is 13.8 Å². The van der Waals surface area contributed by atoms with E-state index in [0.717, 1.165) is 12.1 Å². The molecule has 1 aromatic rings. The summed E-state index contributed by atoms with van der Waals surface area (Å²) in [5.41, 5.74) is -0.911. The van der Waals surface area contributed by atoms with Crippen molar-refractivity contribution in [3.05, 3.63) is 29.6 Å². The smallest absolute Gasteiger partial charge is 0.354 e. The fourth-order valence-corrected chi connectivity index (χ4v) is 0.824. The molecule has 0 atom stereocenters. The second-order valence-electron chi connectivity index (χ2n) is 2.51. The van der Waals surface area contributed by atoms with Gasteiger partial charge in [-0.25, -0.2) is 0 Å². The molecule has 0 bridgehead atoms. The summed E-state index contributed by atoms with van der Waals surface area (Å²) in [5.74, 6) is -0.515. The lowest BCUT2D eigenvalue weighted by molar-refractivity contribution is -0.137. The summed E-state index contributed by atoms with van der Waals surface area (Å²) in [6.45, 7) is 4.00. The van der Waals surface area contributed by atoms with E-state index in [2.05, 4.69) is 10.3 Å². The number of carbonyl (C=O) groups is 1. The molecule has 0 unspecified atom stereocenters. The van der Waals surface area contributed by atoms with E-state index in [1.807, 2.05) is 13.8 Å². The highest BCUT2D eigenvalue weighted by atomic mass is 19.4. The number of nitrogens with one attached hydrogen (secondary N) is 1. The van der Waals surface area contributed by atoms with Gasteiger partial charge in [-0.15, -0.1) is 0 Å². The van der Waals surface area contributed by atoms with Crippen LogP contribution in [0.4, 0.5) is 13.2 Å². The molecule has 1 N–H and O–H groups in total. The Morgan fingerprint density at radius 3 is 2.19 bits per heavy atom. The first kappa shape index (κ1) is 14.4. The van der Waals surface area contributed by atoms with Crippen molar-refractivity contribution < 1.29 is 18.0 Å². The molecule has 1 rings (SSSR count). The molecule has 0 spiro atoms. The van der Waals surface area contributed by atoms with E-state index in [1.54, 1.807) is 0 Å². The molecule has 0 aliphatic heterocycles. The number of hydrogen-bond donors (Lipinski definition) is 1. The van der Waals surface area contributed by atoms with Gasteiger partial charge in [-0.3, -0.25) is 9.78 Å². The maximum atomic E-state index is 12.1. The van der Waals surface area contributed by atoms with E-state index in [-0.39, 0.29) is 5.69 Å². The molecule has 0 aliphatic carbocycles. The van der Waals surface area contributed by atoms with Gasteiger partial charge >= 0.3 is 6.18 Å². The molecule has 0 fully saturated rings. The van der Waals surface area contributed by atoms with Crippen LogP contribution in [-0.4, -0.2) is 17.9 Å². The Hall–Kier alpha value is -1.59. The number of nitrogens with zero attached hydrogens (tertiary/aromatic N) is 1. The van der Waals surface area contributed by atoms with E-state index in [0.29, 0.717) is 6.20 Å². The first-order valence-electron chi connectivity index (χ1n) is 4.70. The normalized spacial score (nSPS) is 10.1. The quantitative estimate of drug-likeness (QED) is 0.811. The molecule has 0 aliphatic rings. The third kappa shape index (κ3) is 3.88. The van der Waals surface area contributed by atoms with Crippen molar-refractivity contribution in [2.24, 2.45) is 0 Å². The van der Waals surface area contributed by atoms with Gasteiger partial charge < -0.3 is 5.32 Å². The van der Waals surface area contributed by atoms with Crippen LogP contribution in [0.2, 0.25) is 0 Å². The summed E-state index contributed by atoms with van der Waals surface area (Å²) in [7, 11) is 1.38. The van der Waals surface area contributed by atoms with Gasteiger partial charge in [-0.05, 0) is 12.1 Å². The van der Waals surface area contributed by atoms with Crippen molar-refractivity contribution in [3.8, 4) is 0 Å². The van der Waals surface area contributed by atoms with Crippen molar-refractivity contribution in [1.29, 1.82) is 0 Å². The third-order valence-electron chi connectivity index (χ3n) is 1.55. The van der Waals surface area contributed by atoms with Crippen molar-refractivity contribution >= 4 is 5.91 Å². The lowest BCUT2D eigenvalue weighted by Crippen LogP contribution is -2.19. The Balaban J connectivity index is 0.00000106. The second-order valence-corrected chi connectivity index (χ2v) is 2.51. The second kappa shape index (κ2) is 6.09. The van der Waals surface area contributed by atoms with Crippen molar-refractivity contribution in [3.63, 3.8) is 0 Å². The zero-order chi connectivity index (χ0) is 12.8. The zero-order valence-electron chi connectivity index (χ0n) is 9.22. The minimum Gasteiger partial charge on any atom is -0.354 e. The van der Waals surface area contributed by atoms with Crippen molar-refractivity contribution in [1.82, 2.24) is 10.3 Å². The topological polar surface area (TPSA) is 42.0 Å². The van der Waals surface area contributed by atoms with Crippen LogP contribution in [-0.2, 0) is 6.18 Å². The van der Waals surface area contributed by atoms with Gasteiger partial charge in [0.2, 0.25) is 0 Å². The molecule has 0 aromatic carbocycles. The molecular formula is C10H13F3N2O. The number of halogens is 3. The molecule has 1 aromatic heterocycles. The van der Waals surface area contributed by atoms with Crippen LogP contribution < -0.4 is 5.32 Å². The maximum Gasteiger partial charge on any atom is 0.417 e. The minimum absolute atomic E-state index is 0.0412. The molecule has 6 heteroatoms. The van der Waals surface area contributed by atoms with E-state index in [4.69, 9.17) is 0 Å². The molecule has 1 heterocycles. The predicted molar refractivity (Wildman–Crippen MR) is 54.0 cm³/mol. The van der Waals surface area contributed by atoms with Gasteiger partial charge in [0.05, 0.1) is 5.56 Å². The van der Waals surface area contributed by atoms with Crippen molar-refractivity contribution in [2.45, 2.75) is 20.0 Å². The van der Waals surface area contributed by atoms with Gasteiger partial charge in [0, 0.05) is 13.2 Å². The Bertz CT molecular complexity index is 333. The van der Waals surface area contributed by atoms with Crippen LogP contribution in [0.3, 0.4) is 0 Å².